The molecule has 9 nitrogen and oxygen atoms in total. The molecular formula is C17H26N4O5. The lowest BCUT2D eigenvalue weighted by molar-refractivity contribution is -0.384. The van der Waals surface area contributed by atoms with E-state index in [0.717, 1.165) is 0 Å². The predicted molar refractivity (Wildman–Crippen MR) is 97.8 cm³/mol. The van der Waals surface area contributed by atoms with Crippen molar-refractivity contribution in [1.82, 2.24) is 5.32 Å². The van der Waals surface area contributed by atoms with Crippen molar-refractivity contribution in [1.29, 1.82) is 0 Å². The molecule has 0 saturated carbocycles. The van der Waals surface area contributed by atoms with E-state index in [1.165, 1.54) is 24.3 Å². The fourth-order valence-corrected chi connectivity index (χ4v) is 2.03. The first kappa shape index (κ1) is 21.4. The van der Waals surface area contributed by atoms with Crippen LogP contribution >= 0.6 is 0 Å². The largest absolute Gasteiger partial charge is 0.444 e. The Morgan fingerprint density at radius 3 is 2.38 bits per heavy atom. The summed E-state index contributed by atoms with van der Waals surface area (Å²) in [5.41, 5.74) is 5.69. The molecule has 0 unspecified atom stereocenters. The maximum atomic E-state index is 12.0. The zero-order chi connectivity index (χ0) is 19.7. The lowest BCUT2D eigenvalue weighted by atomic mass is 10.1. The lowest BCUT2D eigenvalue weighted by Gasteiger charge is -2.19. The standard InChI is InChI=1S/C17H26N4O5/c1-17(2,3)26-16(23)19-11-5-4-6-14(18)15(22)20-12-7-9-13(10-8-12)21(24)25/h7-10,14H,4-6,11,18H2,1-3H3,(H,19,23)(H,20,22)/t14-/m0/s1. The highest BCUT2D eigenvalue weighted by Gasteiger charge is 2.16. The molecule has 1 aromatic carbocycles. The SMILES string of the molecule is CC(C)(C)OC(=O)NCCCC[C@H](N)C(=O)Nc1ccc([N+](=O)[O-])cc1. The topological polar surface area (TPSA) is 137 Å². The van der Waals surface area contributed by atoms with Gasteiger partial charge in [-0.2, -0.15) is 0 Å². The van der Waals surface area contributed by atoms with E-state index in [-0.39, 0.29) is 11.6 Å². The summed E-state index contributed by atoms with van der Waals surface area (Å²) in [6, 6.07) is 4.82. The zero-order valence-corrected chi connectivity index (χ0v) is 15.3. The van der Waals surface area contributed by atoms with Gasteiger partial charge in [0.15, 0.2) is 0 Å². The fourth-order valence-electron chi connectivity index (χ4n) is 2.03. The lowest BCUT2D eigenvalue weighted by Crippen LogP contribution is -2.36. The number of amides is 2. The van der Waals surface area contributed by atoms with Crippen molar-refractivity contribution in [2.75, 3.05) is 11.9 Å². The van der Waals surface area contributed by atoms with E-state index in [1.54, 1.807) is 20.8 Å². The van der Waals surface area contributed by atoms with Gasteiger partial charge in [-0.05, 0) is 52.2 Å². The van der Waals surface area contributed by atoms with Crippen LogP contribution < -0.4 is 16.4 Å². The summed E-state index contributed by atoms with van der Waals surface area (Å²) in [7, 11) is 0. The smallest absolute Gasteiger partial charge is 0.407 e. The minimum Gasteiger partial charge on any atom is -0.444 e. The van der Waals surface area contributed by atoms with Crippen molar-refractivity contribution in [2.45, 2.75) is 51.7 Å². The van der Waals surface area contributed by atoms with Gasteiger partial charge in [0.1, 0.15) is 5.60 Å². The van der Waals surface area contributed by atoms with Gasteiger partial charge in [-0.15, -0.1) is 0 Å². The number of rotatable bonds is 8. The van der Waals surface area contributed by atoms with Crippen LogP contribution in [-0.4, -0.2) is 35.1 Å². The molecule has 0 radical (unpaired) electrons. The number of hydrogen-bond donors (Lipinski definition) is 3. The molecule has 1 atom stereocenters. The average Bonchev–Trinajstić information content (AvgIpc) is 2.53. The van der Waals surface area contributed by atoms with Crippen LogP contribution in [0.2, 0.25) is 0 Å². The highest BCUT2D eigenvalue weighted by atomic mass is 16.6. The van der Waals surface area contributed by atoms with E-state index >= 15 is 0 Å². The molecule has 144 valence electrons. The van der Waals surface area contributed by atoms with Crippen LogP contribution in [0.1, 0.15) is 40.0 Å². The van der Waals surface area contributed by atoms with Crippen molar-refractivity contribution in [3.05, 3.63) is 34.4 Å². The number of nitro groups is 1. The van der Waals surface area contributed by atoms with Gasteiger partial charge in [0, 0.05) is 24.4 Å². The summed E-state index contributed by atoms with van der Waals surface area (Å²) in [5.74, 6) is -0.362. The molecule has 0 aliphatic heterocycles. The maximum absolute atomic E-state index is 12.0. The van der Waals surface area contributed by atoms with Crippen molar-refractivity contribution < 1.29 is 19.2 Å². The molecule has 0 bridgehead atoms. The monoisotopic (exact) mass is 366 g/mol. The predicted octanol–water partition coefficient (Wildman–Crippen LogP) is 2.56. The third-order valence-corrected chi connectivity index (χ3v) is 3.29. The first-order valence-corrected chi connectivity index (χ1v) is 8.36. The molecule has 0 aliphatic rings. The molecule has 0 heterocycles. The number of nitrogens with one attached hydrogen (secondary N) is 2. The number of nitro benzene ring substituents is 1. The van der Waals surface area contributed by atoms with E-state index in [9.17, 15) is 19.7 Å². The van der Waals surface area contributed by atoms with Gasteiger partial charge in [-0.1, -0.05) is 0 Å². The molecule has 26 heavy (non-hydrogen) atoms. The number of hydrogen-bond acceptors (Lipinski definition) is 6. The molecule has 9 heteroatoms. The van der Waals surface area contributed by atoms with E-state index < -0.39 is 22.7 Å². The molecule has 0 spiro atoms. The van der Waals surface area contributed by atoms with Crippen LogP contribution in [-0.2, 0) is 9.53 Å². The number of carbonyl (C=O) groups excluding carboxylic acids is 2. The number of alkyl carbamates (subject to hydrolysis) is 1. The van der Waals surface area contributed by atoms with Gasteiger partial charge in [0.25, 0.3) is 5.69 Å². The van der Waals surface area contributed by atoms with Crippen LogP contribution in [0.3, 0.4) is 0 Å². The third-order valence-electron chi connectivity index (χ3n) is 3.29. The number of unbranched alkanes of at least 4 members (excludes halogenated alkanes) is 1. The Bertz CT molecular complexity index is 625. The van der Waals surface area contributed by atoms with Gasteiger partial charge in [-0.25, -0.2) is 4.79 Å². The fraction of sp³-hybridized carbons (Fsp3) is 0.529. The first-order chi connectivity index (χ1) is 12.1. The number of non-ortho nitro benzene ring substituents is 1. The minimum absolute atomic E-state index is 0.0511. The number of nitrogens with zero attached hydrogens (tertiary/aromatic N) is 1. The van der Waals surface area contributed by atoms with Gasteiger partial charge in [0.05, 0.1) is 11.0 Å². The maximum Gasteiger partial charge on any atom is 0.407 e. The summed E-state index contributed by atoms with van der Waals surface area (Å²) >= 11 is 0. The van der Waals surface area contributed by atoms with Crippen LogP contribution in [0.4, 0.5) is 16.2 Å². The highest BCUT2D eigenvalue weighted by Crippen LogP contribution is 2.15. The van der Waals surface area contributed by atoms with E-state index in [4.69, 9.17) is 10.5 Å². The average molecular weight is 366 g/mol. The summed E-state index contributed by atoms with van der Waals surface area (Å²) in [6.45, 7) is 5.80. The summed E-state index contributed by atoms with van der Waals surface area (Å²) in [5, 5.41) is 15.8. The van der Waals surface area contributed by atoms with Gasteiger partial charge in [-0.3, -0.25) is 14.9 Å². The summed E-state index contributed by atoms with van der Waals surface area (Å²) in [4.78, 5) is 33.5. The zero-order valence-electron chi connectivity index (χ0n) is 15.3. The van der Waals surface area contributed by atoms with E-state index in [1.807, 2.05) is 0 Å². The van der Waals surface area contributed by atoms with Crippen LogP contribution in [0, 0.1) is 10.1 Å². The Balaban J connectivity index is 2.26. The molecule has 2 amide bonds. The molecular weight excluding hydrogens is 340 g/mol. The van der Waals surface area contributed by atoms with Gasteiger partial charge >= 0.3 is 6.09 Å². The summed E-state index contributed by atoms with van der Waals surface area (Å²) in [6.07, 6.45) is 1.30. The second-order valence-electron chi connectivity index (χ2n) is 6.82. The normalized spacial score (nSPS) is 12.2. The summed E-state index contributed by atoms with van der Waals surface area (Å²) < 4.78 is 5.11. The Labute approximate surface area is 152 Å². The molecule has 0 fully saturated rings. The Hall–Kier alpha value is -2.68. The van der Waals surface area contributed by atoms with Crippen molar-refractivity contribution in [3.8, 4) is 0 Å². The number of anilines is 1. The quantitative estimate of drug-likeness (QED) is 0.367. The Morgan fingerprint density at radius 2 is 1.85 bits per heavy atom. The van der Waals surface area contributed by atoms with Crippen molar-refractivity contribution >= 4 is 23.4 Å². The molecule has 0 aromatic heterocycles. The molecule has 4 N–H and O–H groups in total. The second kappa shape index (κ2) is 9.71. The number of ether oxygens (including phenoxy) is 1. The molecule has 0 aliphatic carbocycles. The second-order valence-corrected chi connectivity index (χ2v) is 6.82. The van der Waals surface area contributed by atoms with Crippen LogP contribution in [0.5, 0.6) is 0 Å². The Morgan fingerprint density at radius 1 is 1.23 bits per heavy atom. The van der Waals surface area contributed by atoms with Crippen LogP contribution in [0.15, 0.2) is 24.3 Å². The van der Waals surface area contributed by atoms with Crippen LogP contribution in [0.25, 0.3) is 0 Å². The van der Waals surface area contributed by atoms with Crippen molar-refractivity contribution in [3.63, 3.8) is 0 Å². The van der Waals surface area contributed by atoms with E-state index in [2.05, 4.69) is 10.6 Å². The minimum atomic E-state index is -0.702. The van der Waals surface area contributed by atoms with E-state index in [0.29, 0.717) is 31.5 Å². The number of nitrogens with two attached hydrogens (primary N) is 1. The van der Waals surface area contributed by atoms with Gasteiger partial charge < -0.3 is 21.1 Å². The van der Waals surface area contributed by atoms with Crippen molar-refractivity contribution in [2.24, 2.45) is 5.73 Å². The Kier molecular flexibility index (Phi) is 7.98. The number of benzene rings is 1. The molecule has 1 aromatic rings. The van der Waals surface area contributed by atoms with Gasteiger partial charge in [0.2, 0.25) is 5.91 Å². The highest BCUT2D eigenvalue weighted by molar-refractivity contribution is 5.94. The molecule has 0 saturated heterocycles. The molecule has 1 rings (SSSR count). The number of carbonyl (C=O) groups is 2. The third kappa shape index (κ3) is 8.43. The first-order valence-electron chi connectivity index (χ1n) is 8.36.